The van der Waals surface area contributed by atoms with Crippen LogP contribution in [0.5, 0.6) is 0 Å². The first-order chi connectivity index (χ1) is 12.5. The van der Waals surface area contributed by atoms with Gasteiger partial charge in [-0.2, -0.15) is 0 Å². The average molecular weight is 358 g/mol. The number of carbonyl (C=O) groups excluding carboxylic acids is 1. The molecule has 1 aromatic heterocycles. The van der Waals surface area contributed by atoms with Crippen LogP contribution in [0.4, 0.5) is 5.95 Å². The third-order valence-corrected chi connectivity index (χ3v) is 6.67. The van der Waals surface area contributed by atoms with E-state index in [4.69, 9.17) is 9.97 Å². The zero-order chi connectivity index (χ0) is 18.3. The molecule has 142 valence electrons. The van der Waals surface area contributed by atoms with E-state index in [1.807, 2.05) is 12.4 Å². The highest BCUT2D eigenvalue weighted by atomic mass is 16.1. The predicted molar refractivity (Wildman–Crippen MR) is 102 cm³/mol. The van der Waals surface area contributed by atoms with Crippen LogP contribution in [0.2, 0.25) is 0 Å². The van der Waals surface area contributed by atoms with Crippen molar-refractivity contribution in [2.75, 3.05) is 31.6 Å². The lowest BCUT2D eigenvalue weighted by molar-refractivity contribution is -0.125. The van der Waals surface area contributed by atoms with Gasteiger partial charge < -0.3 is 4.90 Å². The predicted octanol–water partition coefficient (Wildman–Crippen LogP) is 1.95. The first-order valence-corrected chi connectivity index (χ1v) is 10.1. The summed E-state index contributed by atoms with van der Waals surface area (Å²) in [6.45, 7) is 8.23. The normalized spacial score (nSPS) is 31.3. The molecular formula is C20H31N5O. The summed E-state index contributed by atoms with van der Waals surface area (Å²) >= 11 is 0. The fourth-order valence-corrected chi connectivity index (χ4v) is 4.83. The summed E-state index contributed by atoms with van der Waals surface area (Å²) < 4.78 is 0. The fraction of sp³-hybridized carbons (Fsp3) is 0.750. The number of nitrogens with zero attached hydrogens (tertiary/aromatic N) is 5. The van der Waals surface area contributed by atoms with Gasteiger partial charge in [-0.25, -0.2) is 9.97 Å². The molecule has 0 aromatic carbocycles. The molecule has 4 rings (SSSR count). The highest BCUT2D eigenvalue weighted by Gasteiger charge is 2.40. The topological polar surface area (TPSA) is 52.6 Å². The van der Waals surface area contributed by atoms with E-state index in [0.717, 1.165) is 50.5 Å². The van der Waals surface area contributed by atoms with Crippen LogP contribution in [0.15, 0.2) is 12.4 Å². The summed E-state index contributed by atoms with van der Waals surface area (Å²) in [6, 6.07) is 1.66. The fourth-order valence-electron chi connectivity index (χ4n) is 4.83. The zero-order valence-corrected chi connectivity index (χ0v) is 16.3. The molecule has 2 saturated heterocycles. The summed E-state index contributed by atoms with van der Waals surface area (Å²) in [7, 11) is 2.14. The van der Waals surface area contributed by atoms with Gasteiger partial charge in [0.25, 0.3) is 0 Å². The number of aromatic nitrogens is 2. The van der Waals surface area contributed by atoms with Crippen LogP contribution in [0.3, 0.4) is 0 Å². The zero-order valence-electron chi connectivity index (χ0n) is 16.3. The molecule has 6 nitrogen and oxygen atoms in total. The first-order valence-electron chi connectivity index (χ1n) is 10.1. The maximum atomic E-state index is 11.4. The molecule has 2 aliphatic heterocycles. The maximum absolute atomic E-state index is 11.4. The number of anilines is 1. The number of ketones is 1. The van der Waals surface area contributed by atoms with Crippen molar-refractivity contribution < 1.29 is 4.79 Å². The lowest BCUT2D eigenvalue weighted by atomic mass is 9.77. The number of likely N-dealkylation sites (N-methyl/N-ethyl adjacent to an activating group) is 1. The monoisotopic (exact) mass is 357 g/mol. The summed E-state index contributed by atoms with van der Waals surface area (Å²) in [4.78, 5) is 28.2. The van der Waals surface area contributed by atoms with Crippen molar-refractivity contribution in [2.24, 2.45) is 5.92 Å². The molecule has 2 atom stereocenters. The van der Waals surface area contributed by atoms with Gasteiger partial charge in [-0.15, -0.1) is 0 Å². The van der Waals surface area contributed by atoms with Gasteiger partial charge in [0, 0.05) is 61.6 Å². The Labute approximate surface area is 156 Å². The number of rotatable bonds is 6. The van der Waals surface area contributed by atoms with Crippen molar-refractivity contribution in [3.63, 3.8) is 0 Å². The Balaban J connectivity index is 1.35. The van der Waals surface area contributed by atoms with Crippen LogP contribution in [0.25, 0.3) is 0 Å². The number of likely N-dealkylation sites (tertiary alicyclic amines) is 1. The number of fused-ring (bicyclic) bond motifs is 2. The number of carbonyl (C=O) groups is 1. The Bertz CT molecular complexity index is 628. The quantitative estimate of drug-likeness (QED) is 0.776. The minimum absolute atomic E-state index is 0.276. The van der Waals surface area contributed by atoms with E-state index < -0.39 is 0 Å². The molecule has 3 heterocycles. The van der Waals surface area contributed by atoms with Crippen LogP contribution < -0.4 is 4.90 Å². The Morgan fingerprint density at radius 1 is 1.19 bits per heavy atom. The van der Waals surface area contributed by atoms with E-state index >= 15 is 0 Å². The molecule has 3 fully saturated rings. The minimum Gasteiger partial charge on any atom is -0.332 e. The summed E-state index contributed by atoms with van der Waals surface area (Å²) in [5.74, 6) is 1.51. The van der Waals surface area contributed by atoms with E-state index in [1.54, 1.807) is 6.92 Å². The summed E-state index contributed by atoms with van der Waals surface area (Å²) in [6.07, 6.45) is 8.49. The van der Waals surface area contributed by atoms with Gasteiger partial charge in [0.05, 0.1) is 0 Å². The van der Waals surface area contributed by atoms with Crippen molar-refractivity contribution in [1.29, 1.82) is 0 Å². The van der Waals surface area contributed by atoms with Crippen molar-refractivity contribution in [2.45, 2.75) is 64.2 Å². The maximum Gasteiger partial charge on any atom is 0.225 e. The van der Waals surface area contributed by atoms with Gasteiger partial charge in [0.1, 0.15) is 5.78 Å². The minimum atomic E-state index is 0.276. The van der Waals surface area contributed by atoms with Gasteiger partial charge in [-0.3, -0.25) is 14.6 Å². The number of hydrogen-bond acceptors (Lipinski definition) is 6. The lowest BCUT2D eigenvalue weighted by Gasteiger charge is -2.41. The molecule has 0 spiro atoms. The Morgan fingerprint density at radius 2 is 1.81 bits per heavy atom. The Kier molecular flexibility index (Phi) is 4.97. The molecule has 0 radical (unpaired) electrons. The lowest BCUT2D eigenvalue weighted by Crippen LogP contribution is -2.54. The van der Waals surface area contributed by atoms with Crippen molar-refractivity contribution in [1.82, 2.24) is 19.8 Å². The Morgan fingerprint density at radius 3 is 2.35 bits per heavy atom. The van der Waals surface area contributed by atoms with E-state index in [-0.39, 0.29) is 5.92 Å². The molecule has 0 amide bonds. The van der Waals surface area contributed by atoms with Gasteiger partial charge >= 0.3 is 0 Å². The van der Waals surface area contributed by atoms with Gasteiger partial charge in [0.2, 0.25) is 5.95 Å². The first kappa shape index (κ1) is 17.9. The summed E-state index contributed by atoms with van der Waals surface area (Å²) in [5.41, 5.74) is 1.15. The molecule has 1 aromatic rings. The molecule has 3 aliphatic rings. The highest BCUT2D eigenvalue weighted by Crippen LogP contribution is 2.34. The van der Waals surface area contributed by atoms with Crippen molar-refractivity contribution >= 4 is 11.7 Å². The van der Waals surface area contributed by atoms with Crippen molar-refractivity contribution in [3.05, 3.63) is 18.0 Å². The molecule has 6 heteroatoms. The smallest absolute Gasteiger partial charge is 0.225 e. The average Bonchev–Trinajstić information content (AvgIpc) is 2.83. The number of piperazine rings is 1. The second-order valence-electron chi connectivity index (χ2n) is 8.38. The Hall–Kier alpha value is -1.53. The van der Waals surface area contributed by atoms with E-state index in [2.05, 4.69) is 28.7 Å². The third-order valence-electron chi connectivity index (χ3n) is 6.67. The van der Waals surface area contributed by atoms with Crippen LogP contribution in [0, 0.1) is 5.92 Å². The largest absolute Gasteiger partial charge is 0.332 e. The van der Waals surface area contributed by atoms with Crippen molar-refractivity contribution in [3.8, 4) is 0 Å². The number of hydrogen-bond donors (Lipinski definition) is 0. The van der Waals surface area contributed by atoms with E-state index in [1.165, 1.54) is 12.8 Å². The standard InChI is InChI=1S/C20H31N5O/c1-4-24-12-17-5-6-18(13-24)25(17)20-21-9-15(10-22-20)11-23(3)19-7-16(8-19)14(2)26/h9-10,16-19H,4-8,11-13H2,1-3H3/t16-,17?,18?,19+. The summed E-state index contributed by atoms with van der Waals surface area (Å²) in [5, 5.41) is 0. The number of Topliss-reactive ketones (excluding diaryl/α,β-unsaturated/α-hetero) is 1. The molecule has 2 bridgehead atoms. The van der Waals surface area contributed by atoms with Crippen LogP contribution in [0.1, 0.15) is 45.1 Å². The van der Waals surface area contributed by atoms with Crippen LogP contribution in [-0.2, 0) is 11.3 Å². The van der Waals surface area contributed by atoms with E-state index in [0.29, 0.717) is 23.9 Å². The molecule has 1 aliphatic carbocycles. The molecule has 0 N–H and O–H groups in total. The molecule has 26 heavy (non-hydrogen) atoms. The molecule has 1 saturated carbocycles. The molecule has 2 unspecified atom stereocenters. The van der Waals surface area contributed by atoms with Gasteiger partial charge in [-0.05, 0) is 46.2 Å². The van der Waals surface area contributed by atoms with Crippen LogP contribution >= 0.6 is 0 Å². The second-order valence-corrected chi connectivity index (χ2v) is 8.38. The SMILES string of the molecule is CCN1CC2CCC(C1)N2c1ncc(CN(C)[C@H]2C[C@@H](C(C)=O)C2)cn1. The molecular weight excluding hydrogens is 326 g/mol. The second kappa shape index (κ2) is 7.24. The highest BCUT2D eigenvalue weighted by molar-refractivity contribution is 5.79. The van der Waals surface area contributed by atoms with E-state index in [9.17, 15) is 4.79 Å². The van der Waals surface area contributed by atoms with Gasteiger partial charge in [0.15, 0.2) is 0 Å². The van der Waals surface area contributed by atoms with Crippen LogP contribution in [-0.4, -0.2) is 70.4 Å². The van der Waals surface area contributed by atoms with Gasteiger partial charge in [-0.1, -0.05) is 6.92 Å². The third kappa shape index (κ3) is 3.37.